The van der Waals surface area contributed by atoms with E-state index < -0.39 is 34.3 Å². The molecule has 1 aliphatic rings. The molecule has 5 rings (SSSR count). The molecule has 0 bridgehead atoms. The third kappa shape index (κ3) is 4.49. The predicted molar refractivity (Wildman–Crippen MR) is 143 cm³/mol. The Hall–Kier alpha value is -4.67. The van der Waals surface area contributed by atoms with Crippen molar-refractivity contribution < 1.29 is 18.7 Å². The second kappa shape index (κ2) is 10.2. The SMILES string of the molecule is C=CC(=O)N1CCN(c2nc(=O)n(-c3c(C)ccnc3CC)c3nc(-c4c(O)cccc4F)c(F)cc23)CC1. The Bertz CT molecular complexity index is 1660. The topological polar surface area (TPSA) is 104 Å². The van der Waals surface area contributed by atoms with Crippen molar-refractivity contribution in [2.24, 2.45) is 0 Å². The summed E-state index contributed by atoms with van der Waals surface area (Å²) in [4.78, 5) is 42.3. The highest BCUT2D eigenvalue weighted by Gasteiger charge is 2.27. The van der Waals surface area contributed by atoms with Gasteiger partial charge in [0.25, 0.3) is 0 Å². The summed E-state index contributed by atoms with van der Waals surface area (Å²) in [5.41, 5.74) is 0.297. The number of rotatable bonds is 5. The van der Waals surface area contributed by atoms with E-state index in [-0.39, 0.29) is 22.8 Å². The molecular formula is C28H26F2N6O3. The first-order chi connectivity index (χ1) is 18.7. The number of benzene rings is 1. The molecule has 1 saturated heterocycles. The number of nitrogens with zero attached hydrogens (tertiary/aromatic N) is 6. The molecule has 3 aromatic heterocycles. The average Bonchev–Trinajstić information content (AvgIpc) is 2.93. The summed E-state index contributed by atoms with van der Waals surface area (Å²) in [6.45, 7) is 8.62. The van der Waals surface area contributed by atoms with E-state index in [4.69, 9.17) is 0 Å². The van der Waals surface area contributed by atoms with Crippen LogP contribution in [0.25, 0.3) is 28.0 Å². The van der Waals surface area contributed by atoms with Crippen molar-refractivity contribution in [2.45, 2.75) is 20.3 Å². The Balaban J connectivity index is 1.80. The number of aryl methyl sites for hydroxylation is 2. The average molecular weight is 533 g/mol. The van der Waals surface area contributed by atoms with Crippen LogP contribution in [0.1, 0.15) is 18.2 Å². The van der Waals surface area contributed by atoms with Gasteiger partial charge >= 0.3 is 5.69 Å². The number of hydrogen-bond donors (Lipinski definition) is 1. The zero-order valence-corrected chi connectivity index (χ0v) is 21.5. The van der Waals surface area contributed by atoms with Gasteiger partial charge in [0.15, 0.2) is 11.5 Å². The number of amides is 1. The van der Waals surface area contributed by atoms with Crippen LogP contribution >= 0.6 is 0 Å². The smallest absolute Gasteiger partial charge is 0.355 e. The van der Waals surface area contributed by atoms with Crippen molar-refractivity contribution in [1.82, 2.24) is 24.4 Å². The van der Waals surface area contributed by atoms with Crippen molar-refractivity contribution in [1.29, 1.82) is 0 Å². The minimum absolute atomic E-state index is 0.0412. The quantitative estimate of drug-likeness (QED) is 0.392. The van der Waals surface area contributed by atoms with Gasteiger partial charge in [0.2, 0.25) is 5.91 Å². The van der Waals surface area contributed by atoms with Crippen LogP contribution in [0.5, 0.6) is 5.75 Å². The fourth-order valence-corrected chi connectivity index (χ4v) is 4.91. The van der Waals surface area contributed by atoms with Gasteiger partial charge in [0.1, 0.15) is 23.1 Å². The number of phenolic OH excluding ortho intramolecular Hbond substituents is 1. The molecule has 0 unspecified atom stereocenters. The molecule has 4 heterocycles. The molecule has 1 aliphatic heterocycles. The van der Waals surface area contributed by atoms with Crippen LogP contribution in [0.2, 0.25) is 0 Å². The lowest BCUT2D eigenvalue weighted by Gasteiger charge is -2.35. The monoisotopic (exact) mass is 532 g/mol. The molecule has 1 fully saturated rings. The number of aromatic nitrogens is 4. The summed E-state index contributed by atoms with van der Waals surface area (Å²) >= 11 is 0. The number of piperazine rings is 1. The molecule has 1 aromatic carbocycles. The highest BCUT2D eigenvalue weighted by molar-refractivity contribution is 5.91. The number of aromatic hydroxyl groups is 1. The summed E-state index contributed by atoms with van der Waals surface area (Å²) in [6, 6.07) is 6.52. The maximum atomic E-state index is 15.6. The van der Waals surface area contributed by atoms with Crippen molar-refractivity contribution in [3.05, 3.63) is 82.6 Å². The Morgan fingerprint density at radius 3 is 2.54 bits per heavy atom. The molecule has 0 saturated carbocycles. The van der Waals surface area contributed by atoms with Gasteiger partial charge in [-0.15, -0.1) is 0 Å². The number of anilines is 1. The molecule has 0 aliphatic carbocycles. The normalized spacial score (nSPS) is 13.6. The predicted octanol–water partition coefficient (Wildman–Crippen LogP) is 3.53. The number of pyridine rings is 2. The van der Waals surface area contributed by atoms with Crippen LogP contribution in [0.3, 0.4) is 0 Å². The second-order valence-electron chi connectivity index (χ2n) is 9.17. The number of carbonyl (C=O) groups is 1. The number of phenols is 1. The summed E-state index contributed by atoms with van der Waals surface area (Å²) in [6.07, 6.45) is 3.37. The van der Waals surface area contributed by atoms with E-state index >= 15 is 4.39 Å². The van der Waals surface area contributed by atoms with E-state index in [1.165, 1.54) is 22.8 Å². The van der Waals surface area contributed by atoms with Gasteiger partial charge in [-0.2, -0.15) is 4.98 Å². The van der Waals surface area contributed by atoms with Crippen molar-refractivity contribution in [3.63, 3.8) is 0 Å². The molecule has 200 valence electrons. The van der Waals surface area contributed by atoms with Gasteiger partial charge in [-0.1, -0.05) is 19.6 Å². The van der Waals surface area contributed by atoms with E-state index in [1.54, 1.807) is 22.1 Å². The molecule has 0 atom stereocenters. The molecule has 11 heteroatoms. The zero-order chi connectivity index (χ0) is 27.8. The van der Waals surface area contributed by atoms with Gasteiger partial charge < -0.3 is 14.9 Å². The molecule has 1 amide bonds. The highest BCUT2D eigenvalue weighted by atomic mass is 19.1. The molecule has 4 aromatic rings. The third-order valence-electron chi connectivity index (χ3n) is 6.86. The number of hydrogen-bond acceptors (Lipinski definition) is 7. The number of halogens is 2. The lowest BCUT2D eigenvalue weighted by atomic mass is 10.1. The molecule has 1 N–H and O–H groups in total. The van der Waals surface area contributed by atoms with E-state index in [9.17, 15) is 19.1 Å². The minimum atomic E-state index is -0.893. The first-order valence-corrected chi connectivity index (χ1v) is 12.5. The van der Waals surface area contributed by atoms with E-state index in [2.05, 4.69) is 21.5 Å². The van der Waals surface area contributed by atoms with Crippen LogP contribution in [-0.2, 0) is 11.2 Å². The standard InChI is InChI=1S/C28H26F2N6O3/c1-4-20-25(16(3)9-10-31-20)36-27-17(15-19(30)24(32-27)23-18(29)7-6-8-21(23)37)26(33-28(36)39)35-13-11-34(12-14-35)22(38)5-2/h5-10,15,37H,2,4,11-14H2,1,3H3. The largest absolute Gasteiger partial charge is 0.507 e. The maximum Gasteiger partial charge on any atom is 0.355 e. The fraction of sp³-hybridized carbons (Fsp3) is 0.250. The summed E-state index contributed by atoms with van der Waals surface area (Å²) in [5.74, 6) is -2.25. The zero-order valence-electron chi connectivity index (χ0n) is 21.5. The van der Waals surface area contributed by atoms with Gasteiger partial charge in [-0.05, 0) is 49.2 Å². The van der Waals surface area contributed by atoms with Crippen LogP contribution in [-0.4, -0.2) is 61.6 Å². The first kappa shape index (κ1) is 26.0. The van der Waals surface area contributed by atoms with E-state index in [0.717, 1.165) is 17.7 Å². The van der Waals surface area contributed by atoms with Crippen molar-refractivity contribution in [2.75, 3.05) is 31.1 Å². The molecule has 0 spiro atoms. The molecule has 0 radical (unpaired) electrons. The van der Waals surface area contributed by atoms with E-state index in [0.29, 0.717) is 44.0 Å². The first-order valence-electron chi connectivity index (χ1n) is 12.5. The number of fused-ring (bicyclic) bond motifs is 1. The van der Waals surface area contributed by atoms with Gasteiger partial charge in [0, 0.05) is 32.4 Å². The Kier molecular flexibility index (Phi) is 6.81. The second-order valence-corrected chi connectivity index (χ2v) is 9.17. The van der Waals surface area contributed by atoms with E-state index in [1.807, 2.05) is 13.8 Å². The van der Waals surface area contributed by atoms with Crippen LogP contribution in [0.15, 0.2) is 54.0 Å². The Morgan fingerprint density at radius 1 is 1.13 bits per heavy atom. The molecule has 9 nitrogen and oxygen atoms in total. The van der Waals surface area contributed by atoms with Gasteiger partial charge in [-0.3, -0.25) is 9.78 Å². The highest BCUT2D eigenvalue weighted by Crippen LogP contribution is 2.36. The van der Waals surface area contributed by atoms with Gasteiger partial charge in [-0.25, -0.2) is 23.1 Å². The Labute approximate surface area is 222 Å². The summed E-state index contributed by atoms with van der Waals surface area (Å²) < 4.78 is 31.7. The molecular weight excluding hydrogens is 506 g/mol. The van der Waals surface area contributed by atoms with Crippen LogP contribution < -0.4 is 10.6 Å². The lowest BCUT2D eigenvalue weighted by molar-refractivity contribution is -0.126. The van der Waals surface area contributed by atoms with Crippen LogP contribution in [0.4, 0.5) is 14.6 Å². The maximum absolute atomic E-state index is 15.6. The van der Waals surface area contributed by atoms with Crippen LogP contribution in [0, 0.1) is 18.6 Å². The summed E-state index contributed by atoms with van der Waals surface area (Å²) in [7, 11) is 0. The summed E-state index contributed by atoms with van der Waals surface area (Å²) in [5, 5.41) is 10.6. The minimum Gasteiger partial charge on any atom is -0.507 e. The number of carbonyl (C=O) groups excluding carboxylic acids is 1. The van der Waals surface area contributed by atoms with Crippen molar-refractivity contribution >= 4 is 22.8 Å². The van der Waals surface area contributed by atoms with Gasteiger partial charge in [0.05, 0.1) is 22.3 Å². The van der Waals surface area contributed by atoms with Crippen molar-refractivity contribution in [3.8, 4) is 22.7 Å². The molecule has 39 heavy (non-hydrogen) atoms. The third-order valence-corrected chi connectivity index (χ3v) is 6.86. The lowest BCUT2D eigenvalue weighted by Crippen LogP contribution is -2.49. The Morgan fingerprint density at radius 2 is 1.87 bits per heavy atom. The fourth-order valence-electron chi connectivity index (χ4n) is 4.91.